The van der Waals surface area contributed by atoms with E-state index in [0.29, 0.717) is 17.6 Å². The zero-order valence-electron chi connectivity index (χ0n) is 14.8. The van der Waals surface area contributed by atoms with Crippen LogP contribution in [0.1, 0.15) is 40.2 Å². The SMILES string of the molecule is O=C(NCc1nc(-c2cccc(-c3csc(C4CC4)n3)c2)no1)c1ccco1. The third-order valence-electron chi connectivity index (χ3n) is 4.48. The number of rotatable bonds is 6. The van der Waals surface area contributed by atoms with Crippen molar-refractivity contribution in [2.24, 2.45) is 0 Å². The van der Waals surface area contributed by atoms with Crippen molar-refractivity contribution >= 4 is 17.2 Å². The summed E-state index contributed by atoms with van der Waals surface area (Å²) in [6, 6.07) is 11.2. The highest BCUT2D eigenvalue weighted by molar-refractivity contribution is 7.10. The van der Waals surface area contributed by atoms with Gasteiger partial charge in [-0.05, 0) is 31.0 Å². The molecule has 3 aromatic heterocycles. The number of carbonyl (C=O) groups excluding carboxylic acids is 1. The number of nitrogens with zero attached hydrogens (tertiary/aromatic N) is 3. The van der Waals surface area contributed by atoms with Gasteiger partial charge in [0.05, 0.1) is 23.5 Å². The normalized spacial score (nSPS) is 13.6. The average Bonchev–Trinajstić information content (AvgIpc) is 3.16. The van der Waals surface area contributed by atoms with Crippen molar-refractivity contribution < 1.29 is 13.7 Å². The molecule has 0 saturated heterocycles. The fourth-order valence-electron chi connectivity index (χ4n) is 2.85. The van der Waals surface area contributed by atoms with Crippen LogP contribution in [0, 0.1) is 0 Å². The minimum absolute atomic E-state index is 0.128. The lowest BCUT2D eigenvalue weighted by atomic mass is 10.1. The first-order valence-corrected chi connectivity index (χ1v) is 9.85. The molecular weight excluding hydrogens is 376 g/mol. The van der Waals surface area contributed by atoms with Crippen LogP contribution in [-0.2, 0) is 6.54 Å². The topological polar surface area (TPSA) is 94.1 Å². The van der Waals surface area contributed by atoms with Crippen molar-refractivity contribution in [1.29, 1.82) is 0 Å². The van der Waals surface area contributed by atoms with Crippen LogP contribution in [0.15, 0.2) is 57.0 Å². The predicted molar refractivity (Wildman–Crippen MR) is 103 cm³/mol. The van der Waals surface area contributed by atoms with Crippen molar-refractivity contribution in [3.63, 3.8) is 0 Å². The Balaban J connectivity index is 1.30. The van der Waals surface area contributed by atoms with E-state index in [4.69, 9.17) is 13.9 Å². The molecule has 1 fully saturated rings. The fraction of sp³-hybridized carbons (Fsp3) is 0.200. The Morgan fingerprint density at radius 1 is 1.18 bits per heavy atom. The third-order valence-corrected chi connectivity index (χ3v) is 5.49. The van der Waals surface area contributed by atoms with Crippen LogP contribution in [0.25, 0.3) is 22.6 Å². The van der Waals surface area contributed by atoms with Crippen LogP contribution < -0.4 is 5.32 Å². The molecule has 7 nitrogen and oxygen atoms in total. The number of aromatic nitrogens is 3. The predicted octanol–water partition coefficient (Wildman–Crippen LogP) is 4.26. The maximum atomic E-state index is 11.9. The third kappa shape index (κ3) is 3.46. The van der Waals surface area contributed by atoms with Crippen molar-refractivity contribution in [1.82, 2.24) is 20.4 Å². The summed E-state index contributed by atoms with van der Waals surface area (Å²) in [6.07, 6.45) is 3.94. The Hall–Kier alpha value is -3.26. The summed E-state index contributed by atoms with van der Waals surface area (Å²) in [7, 11) is 0. The second-order valence-corrected chi connectivity index (χ2v) is 7.49. The Bertz CT molecular complexity index is 1110. The van der Waals surface area contributed by atoms with Crippen LogP contribution in [-0.4, -0.2) is 21.0 Å². The van der Waals surface area contributed by atoms with Crippen molar-refractivity contribution in [3.8, 4) is 22.6 Å². The standard InChI is InChI=1S/C20H16N4O3S/c25-19(16-5-2-8-26-16)21-10-17-23-18(24-27-17)14-4-1-3-13(9-14)15-11-28-20(22-15)12-6-7-12/h1-5,8-9,11-12H,6-7,10H2,(H,21,25). The van der Waals surface area contributed by atoms with Crippen LogP contribution >= 0.6 is 11.3 Å². The Morgan fingerprint density at radius 2 is 2.07 bits per heavy atom. The van der Waals surface area contributed by atoms with Crippen molar-refractivity contribution in [2.45, 2.75) is 25.3 Å². The van der Waals surface area contributed by atoms with Gasteiger partial charge >= 0.3 is 0 Å². The van der Waals surface area contributed by atoms with Gasteiger partial charge in [0.2, 0.25) is 11.7 Å². The number of nitrogens with one attached hydrogen (secondary N) is 1. The number of carbonyl (C=O) groups is 1. The summed E-state index contributed by atoms with van der Waals surface area (Å²) >= 11 is 1.72. The summed E-state index contributed by atoms with van der Waals surface area (Å²) in [5.41, 5.74) is 2.84. The lowest BCUT2D eigenvalue weighted by Gasteiger charge is -2.00. The second kappa shape index (κ2) is 7.05. The van der Waals surface area contributed by atoms with Gasteiger partial charge in [0.15, 0.2) is 5.76 Å². The summed E-state index contributed by atoms with van der Waals surface area (Å²) < 4.78 is 10.3. The molecule has 1 saturated carbocycles. The number of furan rings is 1. The van der Waals surface area contributed by atoms with Crippen LogP contribution in [0.5, 0.6) is 0 Å². The lowest BCUT2D eigenvalue weighted by Crippen LogP contribution is -2.22. The highest BCUT2D eigenvalue weighted by Gasteiger charge is 2.26. The summed E-state index contributed by atoms with van der Waals surface area (Å²) in [5, 5.41) is 10.0. The number of thiazole rings is 1. The van der Waals surface area contributed by atoms with E-state index in [-0.39, 0.29) is 18.2 Å². The minimum atomic E-state index is -0.332. The van der Waals surface area contributed by atoms with E-state index < -0.39 is 0 Å². The Morgan fingerprint density at radius 3 is 2.89 bits per heavy atom. The maximum Gasteiger partial charge on any atom is 0.287 e. The molecule has 4 aromatic rings. The molecule has 1 aliphatic carbocycles. The molecule has 8 heteroatoms. The molecule has 0 atom stereocenters. The van der Waals surface area contributed by atoms with Crippen molar-refractivity contribution in [2.75, 3.05) is 0 Å². The van der Waals surface area contributed by atoms with E-state index in [2.05, 4.69) is 20.8 Å². The molecule has 0 unspecified atom stereocenters. The van der Waals surface area contributed by atoms with Crippen LogP contribution in [0.4, 0.5) is 0 Å². The largest absolute Gasteiger partial charge is 0.459 e. The van der Waals surface area contributed by atoms with E-state index >= 15 is 0 Å². The highest BCUT2D eigenvalue weighted by Crippen LogP contribution is 2.42. The zero-order chi connectivity index (χ0) is 18.9. The number of amides is 1. The number of benzene rings is 1. The van der Waals surface area contributed by atoms with Gasteiger partial charge in [-0.15, -0.1) is 11.3 Å². The summed E-state index contributed by atoms with van der Waals surface area (Å²) in [4.78, 5) is 21.0. The molecule has 0 bridgehead atoms. The molecular formula is C20H16N4O3S. The first-order valence-electron chi connectivity index (χ1n) is 8.97. The molecule has 1 N–H and O–H groups in total. The van der Waals surface area contributed by atoms with Gasteiger partial charge in [0.25, 0.3) is 5.91 Å². The molecule has 0 radical (unpaired) electrons. The average molecular weight is 392 g/mol. The van der Waals surface area contributed by atoms with Crippen LogP contribution in [0.2, 0.25) is 0 Å². The van der Waals surface area contributed by atoms with Gasteiger partial charge < -0.3 is 14.3 Å². The summed E-state index contributed by atoms with van der Waals surface area (Å²) in [5.74, 6) is 1.35. The molecule has 0 spiro atoms. The minimum Gasteiger partial charge on any atom is -0.459 e. The van der Waals surface area contributed by atoms with E-state index in [9.17, 15) is 4.79 Å². The molecule has 3 heterocycles. The van der Waals surface area contributed by atoms with Gasteiger partial charge in [0.1, 0.15) is 0 Å². The molecule has 1 aromatic carbocycles. The molecule has 1 amide bonds. The smallest absolute Gasteiger partial charge is 0.287 e. The first-order chi connectivity index (χ1) is 13.8. The molecule has 1 aliphatic rings. The lowest BCUT2D eigenvalue weighted by molar-refractivity contribution is 0.0918. The van der Waals surface area contributed by atoms with E-state index in [1.807, 2.05) is 24.3 Å². The molecule has 5 rings (SSSR count). The van der Waals surface area contributed by atoms with Gasteiger partial charge in [-0.3, -0.25) is 4.79 Å². The van der Waals surface area contributed by atoms with Crippen molar-refractivity contribution in [3.05, 3.63) is 64.7 Å². The Labute approximate surface area is 164 Å². The van der Waals surface area contributed by atoms with Gasteiger partial charge in [-0.1, -0.05) is 23.4 Å². The quantitative estimate of drug-likeness (QED) is 0.527. The first kappa shape index (κ1) is 16.9. The van der Waals surface area contributed by atoms with E-state index in [1.165, 1.54) is 24.1 Å². The van der Waals surface area contributed by atoms with Gasteiger partial charge in [-0.2, -0.15) is 4.98 Å². The number of hydrogen-bond acceptors (Lipinski definition) is 7. The maximum absolute atomic E-state index is 11.9. The van der Waals surface area contributed by atoms with E-state index in [0.717, 1.165) is 16.8 Å². The Kier molecular flexibility index (Phi) is 4.25. The van der Waals surface area contributed by atoms with Gasteiger partial charge in [-0.25, -0.2) is 4.98 Å². The van der Waals surface area contributed by atoms with Crippen LogP contribution in [0.3, 0.4) is 0 Å². The second-order valence-electron chi connectivity index (χ2n) is 6.60. The number of hydrogen-bond donors (Lipinski definition) is 1. The fourth-order valence-corrected chi connectivity index (χ4v) is 3.85. The molecule has 0 aliphatic heterocycles. The summed E-state index contributed by atoms with van der Waals surface area (Å²) in [6.45, 7) is 0.128. The molecule has 28 heavy (non-hydrogen) atoms. The van der Waals surface area contributed by atoms with Gasteiger partial charge in [0, 0.05) is 22.4 Å². The molecule has 140 valence electrons. The zero-order valence-corrected chi connectivity index (χ0v) is 15.6. The van der Waals surface area contributed by atoms with E-state index in [1.54, 1.807) is 23.5 Å². The highest BCUT2D eigenvalue weighted by atomic mass is 32.1. The monoisotopic (exact) mass is 392 g/mol.